The Morgan fingerprint density at radius 1 is 1.60 bits per heavy atom. The maximum absolute atomic E-state index is 10.9. The van der Waals surface area contributed by atoms with Crippen molar-refractivity contribution in [1.82, 2.24) is 0 Å². The molecule has 0 spiro atoms. The van der Waals surface area contributed by atoms with Gasteiger partial charge in [0, 0.05) is 16.7 Å². The zero-order valence-corrected chi connectivity index (χ0v) is 9.99. The lowest BCUT2D eigenvalue weighted by Crippen LogP contribution is -2.37. The quantitative estimate of drug-likeness (QED) is 0.896. The molecule has 1 aromatic rings. The van der Waals surface area contributed by atoms with Gasteiger partial charge < -0.3 is 10.0 Å². The van der Waals surface area contributed by atoms with Crippen molar-refractivity contribution in [3.8, 4) is 0 Å². The van der Waals surface area contributed by atoms with E-state index in [0.717, 1.165) is 23.1 Å². The van der Waals surface area contributed by atoms with E-state index in [1.807, 2.05) is 23.1 Å². The number of carboxylic acid groups (broad SMARTS) is 1. The van der Waals surface area contributed by atoms with Gasteiger partial charge in [-0.2, -0.15) is 0 Å². The first-order valence-electron chi connectivity index (χ1n) is 4.87. The molecule has 0 fully saturated rings. The molecule has 1 heterocycles. The standard InChI is InChI=1S/C11H12BrNO2/c1-7(11(14)15)13-5-4-8-2-3-9(12)6-10(8)13/h2-3,6-7H,4-5H2,1H3,(H,14,15). The lowest BCUT2D eigenvalue weighted by atomic mass is 10.2. The zero-order valence-electron chi connectivity index (χ0n) is 8.40. The Labute approximate surface area is 96.8 Å². The van der Waals surface area contributed by atoms with Crippen LogP contribution in [0.2, 0.25) is 0 Å². The van der Waals surface area contributed by atoms with Crippen LogP contribution in [0.5, 0.6) is 0 Å². The highest BCUT2D eigenvalue weighted by Crippen LogP contribution is 2.32. The second-order valence-corrected chi connectivity index (χ2v) is 4.65. The van der Waals surface area contributed by atoms with Crippen molar-refractivity contribution in [2.45, 2.75) is 19.4 Å². The minimum atomic E-state index is -0.775. The molecule has 0 aromatic heterocycles. The average molecular weight is 270 g/mol. The van der Waals surface area contributed by atoms with Crippen molar-refractivity contribution in [3.63, 3.8) is 0 Å². The van der Waals surface area contributed by atoms with Crippen LogP contribution in [-0.2, 0) is 11.2 Å². The second-order valence-electron chi connectivity index (χ2n) is 3.73. The molecule has 1 aliphatic heterocycles. The molecule has 0 aliphatic carbocycles. The molecule has 0 amide bonds. The number of carboxylic acids is 1. The summed E-state index contributed by atoms with van der Waals surface area (Å²) in [5.41, 5.74) is 2.27. The van der Waals surface area contributed by atoms with Crippen molar-refractivity contribution < 1.29 is 9.90 Å². The van der Waals surface area contributed by atoms with Gasteiger partial charge in [-0.15, -0.1) is 0 Å². The first-order chi connectivity index (χ1) is 7.09. The number of rotatable bonds is 2. The number of fused-ring (bicyclic) bond motifs is 1. The number of hydrogen-bond donors (Lipinski definition) is 1. The SMILES string of the molecule is CC(C(=O)O)N1CCc2ccc(Br)cc21. The molecular formula is C11H12BrNO2. The monoisotopic (exact) mass is 269 g/mol. The second kappa shape index (κ2) is 3.85. The summed E-state index contributed by atoms with van der Waals surface area (Å²) in [6.07, 6.45) is 0.931. The molecule has 4 heteroatoms. The van der Waals surface area contributed by atoms with Crippen LogP contribution in [0, 0.1) is 0 Å². The van der Waals surface area contributed by atoms with E-state index in [1.54, 1.807) is 6.92 Å². The van der Waals surface area contributed by atoms with Gasteiger partial charge in [0.15, 0.2) is 0 Å². The molecule has 1 unspecified atom stereocenters. The fraction of sp³-hybridized carbons (Fsp3) is 0.364. The molecule has 15 heavy (non-hydrogen) atoms. The summed E-state index contributed by atoms with van der Waals surface area (Å²) >= 11 is 3.40. The molecule has 80 valence electrons. The van der Waals surface area contributed by atoms with Gasteiger partial charge in [0.05, 0.1) is 0 Å². The Morgan fingerprint density at radius 2 is 2.33 bits per heavy atom. The molecule has 0 radical (unpaired) electrons. The third-order valence-corrected chi connectivity index (χ3v) is 3.30. The fourth-order valence-electron chi connectivity index (χ4n) is 1.91. The molecule has 2 rings (SSSR count). The lowest BCUT2D eigenvalue weighted by molar-refractivity contribution is -0.138. The summed E-state index contributed by atoms with van der Waals surface area (Å²) < 4.78 is 0.991. The smallest absolute Gasteiger partial charge is 0.326 e. The van der Waals surface area contributed by atoms with Crippen LogP contribution < -0.4 is 4.90 Å². The van der Waals surface area contributed by atoms with Gasteiger partial charge in [-0.3, -0.25) is 0 Å². The van der Waals surface area contributed by atoms with Crippen molar-refractivity contribution in [3.05, 3.63) is 28.2 Å². The predicted molar refractivity (Wildman–Crippen MR) is 62.3 cm³/mol. The molecule has 1 N–H and O–H groups in total. The molecule has 0 bridgehead atoms. The third-order valence-electron chi connectivity index (χ3n) is 2.80. The summed E-state index contributed by atoms with van der Waals surface area (Å²) in [7, 11) is 0. The van der Waals surface area contributed by atoms with E-state index in [2.05, 4.69) is 15.9 Å². The number of carbonyl (C=O) groups is 1. The van der Waals surface area contributed by atoms with Gasteiger partial charge in [0.25, 0.3) is 0 Å². The van der Waals surface area contributed by atoms with Crippen LogP contribution >= 0.6 is 15.9 Å². The minimum absolute atomic E-state index is 0.458. The molecule has 1 atom stereocenters. The molecule has 0 saturated heterocycles. The molecular weight excluding hydrogens is 258 g/mol. The van der Waals surface area contributed by atoms with Crippen LogP contribution in [0.25, 0.3) is 0 Å². The topological polar surface area (TPSA) is 40.5 Å². The summed E-state index contributed by atoms with van der Waals surface area (Å²) in [4.78, 5) is 12.9. The lowest BCUT2D eigenvalue weighted by Gasteiger charge is -2.23. The summed E-state index contributed by atoms with van der Waals surface area (Å²) in [5.74, 6) is -0.775. The Bertz CT molecular complexity index is 406. The van der Waals surface area contributed by atoms with Gasteiger partial charge in [0.1, 0.15) is 6.04 Å². The number of nitrogens with zero attached hydrogens (tertiary/aromatic N) is 1. The normalized spacial score (nSPS) is 16.3. The van der Waals surface area contributed by atoms with E-state index >= 15 is 0 Å². The highest BCUT2D eigenvalue weighted by atomic mass is 79.9. The Balaban J connectivity index is 2.35. The highest BCUT2D eigenvalue weighted by molar-refractivity contribution is 9.10. The molecule has 1 aromatic carbocycles. The average Bonchev–Trinajstić information content (AvgIpc) is 2.59. The van der Waals surface area contributed by atoms with Crippen LogP contribution in [0.3, 0.4) is 0 Å². The third kappa shape index (κ3) is 1.86. The maximum atomic E-state index is 10.9. The predicted octanol–water partition coefficient (Wildman–Crippen LogP) is 2.28. The van der Waals surface area contributed by atoms with Crippen molar-refractivity contribution >= 4 is 27.6 Å². The van der Waals surface area contributed by atoms with Crippen molar-refractivity contribution in [2.75, 3.05) is 11.4 Å². The van der Waals surface area contributed by atoms with Gasteiger partial charge in [0.2, 0.25) is 0 Å². The van der Waals surface area contributed by atoms with Crippen molar-refractivity contribution in [1.29, 1.82) is 0 Å². The molecule has 0 saturated carbocycles. The summed E-state index contributed by atoms with van der Waals surface area (Å²) in [6, 6.07) is 5.57. The fourth-order valence-corrected chi connectivity index (χ4v) is 2.26. The van der Waals surface area contributed by atoms with Gasteiger partial charge in [-0.05, 0) is 31.0 Å². The Kier molecular flexibility index (Phi) is 2.69. The van der Waals surface area contributed by atoms with Crippen molar-refractivity contribution in [2.24, 2.45) is 0 Å². The van der Waals surface area contributed by atoms with Gasteiger partial charge in [-0.1, -0.05) is 22.0 Å². The Hall–Kier alpha value is -1.03. The molecule has 3 nitrogen and oxygen atoms in total. The Morgan fingerprint density at radius 3 is 3.00 bits per heavy atom. The number of aliphatic carboxylic acids is 1. The van der Waals surface area contributed by atoms with Gasteiger partial charge in [-0.25, -0.2) is 4.79 Å². The van der Waals surface area contributed by atoms with Crippen LogP contribution in [-0.4, -0.2) is 23.7 Å². The number of benzene rings is 1. The van der Waals surface area contributed by atoms with E-state index in [9.17, 15) is 4.79 Å². The van der Waals surface area contributed by atoms with Crippen LogP contribution in [0.15, 0.2) is 22.7 Å². The summed E-state index contributed by atoms with van der Waals surface area (Å²) in [6.45, 7) is 2.51. The molecule has 1 aliphatic rings. The van der Waals surface area contributed by atoms with E-state index in [4.69, 9.17) is 5.11 Å². The van der Waals surface area contributed by atoms with E-state index < -0.39 is 12.0 Å². The zero-order chi connectivity index (χ0) is 11.0. The van der Waals surface area contributed by atoms with E-state index in [1.165, 1.54) is 5.56 Å². The van der Waals surface area contributed by atoms with E-state index in [0.29, 0.717) is 0 Å². The maximum Gasteiger partial charge on any atom is 0.326 e. The van der Waals surface area contributed by atoms with E-state index in [-0.39, 0.29) is 0 Å². The highest BCUT2D eigenvalue weighted by Gasteiger charge is 2.27. The van der Waals surface area contributed by atoms with Crippen LogP contribution in [0.1, 0.15) is 12.5 Å². The number of hydrogen-bond acceptors (Lipinski definition) is 2. The number of anilines is 1. The largest absolute Gasteiger partial charge is 0.480 e. The minimum Gasteiger partial charge on any atom is -0.480 e. The summed E-state index contributed by atoms with van der Waals surface area (Å²) in [5, 5.41) is 8.98. The van der Waals surface area contributed by atoms with Crippen LogP contribution in [0.4, 0.5) is 5.69 Å². The first-order valence-corrected chi connectivity index (χ1v) is 5.67. The number of halogens is 1. The first kappa shape index (κ1) is 10.5. The van der Waals surface area contributed by atoms with Gasteiger partial charge >= 0.3 is 5.97 Å².